The zero-order valence-corrected chi connectivity index (χ0v) is 12.2. The van der Waals surface area contributed by atoms with Crippen LogP contribution in [0.3, 0.4) is 0 Å². The van der Waals surface area contributed by atoms with Crippen molar-refractivity contribution in [3.05, 3.63) is 24.3 Å². The molecular formula is C15H23N3O2. The molecule has 1 saturated heterocycles. The van der Waals surface area contributed by atoms with Crippen molar-refractivity contribution in [1.29, 1.82) is 0 Å². The van der Waals surface area contributed by atoms with Crippen LogP contribution in [0.1, 0.15) is 12.8 Å². The third kappa shape index (κ3) is 4.13. The number of ether oxygens (including phenoxy) is 1. The Morgan fingerprint density at radius 3 is 2.80 bits per heavy atom. The van der Waals surface area contributed by atoms with Crippen molar-refractivity contribution in [3.8, 4) is 5.75 Å². The van der Waals surface area contributed by atoms with Gasteiger partial charge < -0.3 is 20.3 Å². The second kappa shape index (κ2) is 7.14. The summed E-state index contributed by atoms with van der Waals surface area (Å²) in [7, 11) is 3.47. The van der Waals surface area contributed by atoms with Crippen molar-refractivity contribution in [2.45, 2.75) is 12.8 Å². The third-order valence-corrected chi connectivity index (χ3v) is 3.62. The molecule has 0 aromatic heterocycles. The molecule has 5 heteroatoms. The van der Waals surface area contributed by atoms with Crippen LogP contribution in [0.5, 0.6) is 5.75 Å². The van der Waals surface area contributed by atoms with Crippen molar-refractivity contribution >= 4 is 11.7 Å². The molecule has 1 fully saturated rings. The molecule has 0 radical (unpaired) electrons. The molecule has 0 spiro atoms. The van der Waals surface area contributed by atoms with Crippen molar-refractivity contribution in [1.82, 2.24) is 10.2 Å². The van der Waals surface area contributed by atoms with Crippen molar-refractivity contribution in [3.63, 3.8) is 0 Å². The molecule has 1 aromatic carbocycles. The summed E-state index contributed by atoms with van der Waals surface area (Å²) in [6.07, 6.45) is 2.38. The standard InChI is InChI=1S/C15H23N3O2/c1-18(11-12-4-3-9-16-10-12)15(19)17-13-5-7-14(20-2)8-6-13/h5-8,12,16H,3-4,9-11H2,1-2H3,(H,17,19). The van der Waals surface area contributed by atoms with Crippen LogP contribution >= 0.6 is 0 Å². The Morgan fingerprint density at radius 2 is 2.20 bits per heavy atom. The van der Waals surface area contributed by atoms with Crippen LogP contribution in [0.2, 0.25) is 0 Å². The van der Waals surface area contributed by atoms with Gasteiger partial charge in [-0.05, 0) is 56.1 Å². The first-order valence-electron chi connectivity index (χ1n) is 7.06. The number of piperidine rings is 1. The lowest BCUT2D eigenvalue weighted by atomic mass is 9.99. The van der Waals surface area contributed by atoms with Crippen LogP contribution in [0.15, 0.2) is 24.3 Å². The normalized spacial score (nSPS) is 18.4. The summed E-state index contributed by atoms with van der Waals surface area (Å²) >= 11 is 0. The van der Waals surface area contributed by atoms with E-state index in [0.717, 1.165) is 31.1 Å². The number of rotatable bonds is 4. The smallest absolute Gasteiger partial charge is 0.321 e. The summed E-state index contributed by atoms with van der Waals surface area (Å²) in [4.78, 5) is 13.9. The highest BCUT2D eigenvalue weighted by Gasteiger charge is 2.17. The Hall–Kier alpha value is -1.75. The molecule has 1 aliphatic heterocycles. The molecule has 2 rings (SSSR count). The SMILES string of the molecule is COc1ccc(NC(=O)N(C)CC2CCCNC2)cc1. The molecular weight excluding hydrogens is 254 g/mol. The topological polar surface area (TPSA) is 53.6 Å². The fraction of sp³-hybridized carbons (Fsp3) is 0.533. The zero-order chi connectivity index (χ0) is 14.4. The predicted molar refractivity (Wildman–Crippen MR) is 80.2 cm³/mol. The Balaban J connectivity index is 1.83. The number of methoxy groups -OCH3 is 1. The highest BCUT2D eigenvalue weighted by Crippen LogP contribution is 2.16. The van der Waals surface area contributed by atoms with Crippen LogP contribution in [-0.2, 0) is 0 Å². The molecule has 1 heterocycles. The van der Waals surface area contributed by atoms with E-state index in [9.17, 15) is 4.79 Å². The number of urea groups is 1. The highest BCUT2D eigenvalue weighted by atomic mass is 16.5. The third-order valence-electron chi connectivity index (χ3n) is 3.62. The zero-order valence-electron chi connectivity index (χ0n) is 12.2. The monoisotopic (exact) mass is 277 g/mol. The Labute approximate surface area is 120 Å². The fourth-order valence-electron chi connectivity index (χ4n) is 2.44. The Morgan fingerprint density at radius 1 is 1.45 bits per heavy atom. The number of anilines is 1. The van der Waals surface area contributed by atoms with Gasteiger partial charge in [-0.2, -0.15) is 0 Å². The van der Waals surface area contributed by atoms with Crippen LogP contribution in [-0.4, -0.2) is 44.7 Å². The lowest BCUT2D eigenvalue weighted by Crippen LogP contribution is -2.40. The molecule has 1 atom stereocenters. The van der Waals surface area contributed by atoms with Gasteiger partial charge in [-0.25, -0.2) is 4.79 Å². The van der Waals surface area contributed by atoms with Crippen molar-refractivity contribution in [2.24, 2.45) is 5.92 Å². The first kappa shape index (κ1) is 14.7. The maximum atomic E-state index is 12.1. The van der Waals surface area contributed by atoms with E-state index in [4.69, 9.17) is 4.74 Å². The molecule has 0 aliphatic carbocycles. The van der Waals surface area contributed by atoms with E-state index in [2.05, 4.69) is 10.6 Å². The first-order chi connectivity index (χ1) is 9.69. The second-order valence-corrected chi connectivity index (χ2v) is 5.25. The van der Waals surface area contributed by atoms with E-state index in [1.165, 1.54) is 12.8 Å². The summed E-state index contributed by atoms with van der Waals surface area (Å²) in [6.45, 7) is 2.88. The van der Waals surface area contributed by atoms with Gasteiger partial charge in [-0.1, -0.05) is 0 Å². The summed E-state index contributed by atoms with van der Waals surface area (Å²) in [5, 5.41) is 6.26. The average molecular weight is 277 g/mol. The van der Waals surface area contributed by atoms with E-state index in [1.807, 2.05) is 31.3 Å². The van der Waals surface area contributed by atoms with Gasteiger partial charge in [0.25, 0.3) is 0 Å². The van der Waals surface area contributed by atoms with Crippen LogP contribution in [0, 0.1) is 5.92 Å². The Kier molecular flexibility index (Phi) is 5.24. The molecule has 2 N–H and O–H groups in total. The summed E-state index contributed by atoms with van der Waals surface area (Å²) in [5.41, 5.74) is 0.782. The molecule has 0 bridgehead atoms. The lowest BCUT2D eigenvalue weighted by Gasteiger charge is -2.27. The highest BCUT2D eigenvalue weighted by molar-refractivity contribution is 5.89. The van der Waals surface area contributed by atoms with Gasteiger partial charge in [-0.15, -0.1) is 0 Å². The number of carbonyl (C=O) groups excluding carboxylic acids is 1. The molecule has 2 amide bonds. The van der Waals surface area contributed by atoms with Crippen molar-refractivity contribution in [2.75, 3.05) is 39.1 Å². The number of hydrogen-bond donors (Lipinski definition) is 2. The van der Waals surface area contributed by atoms with Gasteiger partial charge in [0.1, 0.15) is 5.75 Å². The minimum atomic E-state index is -0.0688. The van der Waals surface area contributed by atoms with Crippen molar-refractivity contribution < 1.29 is 9.53 Å². The first-order valence-corrected chi connectivity index (χ1v) is 7.06. The number of hydrogen-bond acceptors (Lipinski definition) is 3. The van der Waals surface area contributed by atoms with E-state index < -0.39 is 0 Å². The number of carbonyl (C=O) groups is 1. The van der Waals surface area contributed by atoms with E-state index in [0.29, 0.717) is 5.92 Å². The summed E-state index contributed by atoms with van der Waals surface area (Å²) in [5.74, 6) is 1.33. The number of nitrogens with one attached hydrogen (secondary N) is 2. The second-order valence-electron chi connectivity index (χ2n) is 5.25. The number of amides is 2. The number of benzene rings is 1. The van der Waals surface area contributed by atoms with Gasteiger partial charge >= 0.3 is 6.03 Å². The minimum absolute atomic E-state index is 0.0688. The maximum Gasteiger partial charge on any atom is 0.321 e. The lowest BCUT2D eigenvalue weighted by molar-refractivity contribution is 0.207. The van der Waals surface area contributed by atoms with Gasteiger partial charge in [0.15, 0.2) is 0 Å². The van der Waals surface area contributed by atoms with Crippen LogP contribution in [0.25, 0.3) is 0 Å². The summed E-state index contributed by atoms with van der Waals surface area (Å²) < 4.78 is 5.09. The van der Waals surface area contributed by atoms with Gasteiger partial charge in [0, 0.05) is 19.3 Å². The maximum absolute atomic E-state index is 12.1. The molecule has 110 valence electrons. The largest absolute Gasteiger partial charge is 0.497 e. The molecule has 1 aromatic rings. The van der Waals surface area contributed by atoms with Gasteiger partial charge in [0.2, 0.25) is 0 Å². The van der Waals surface area contributed by atoms with E-state index in [1.54, 1.807) is 12.0 Å². The molecule has 0 saturated carbocycles. The fourth-order valence-corrected chi connectivity index (χ4v) is 2.44. The molecule has 20 heavy (non-hydrogen) atoms. The molecule has 1 unspecified atom stereocenters. The quantitative estimate of drug-likeness (QED) is 0.886. The van der Waals surface area contributed by atoms with Crippen LogP contribution in [0.4, 0.5) is 10.5 Å². The molecule has 5 nitrogen and oxygen atoms in total. The number of nitrogens with zero attached hydrogens (tertiary/aromatic N) is 1. The summed E-state index contributed by atoms with van der Waals surface area (Å²) in [6, 6.07) is 7.28. The Bertz CT molecular complexity index is 427. The van der Waals surface area contributed by atoms with E-state index >= 15 is 0 Å². The average Bonchev–Trinajstić information content (AvgIpc) is 2.49. The molecule has 1 aliphatic rings. The van der Waals surface area contributed by atoms with Gasteiger partial charge in [-0.3, -0.25) is 0 Å². The van der Waals surface area contributed by atoms with Gasteiger partial charge in [0.05, 0.1) is 7.11 Å². The van der Waals surface area contributed by atoms with Crippen LogP contribution < -0.4 is 15.4 Å². The minimum Gasteiger partial charge on any atom is -0.497 e. The van der Waals surface area contributed by atoms with E-state index in [-0.39, 0.29) is 6.03 Å². The predicted octanol–water partition coefficient (Wildman–Crippen LogP) is 2.16.